The monoisotopic (exact) mass is 233 g/mol. The number of para-hydroxylation sites is 1. The Labute approximate surface area is 104 Å². The Hall–Kier alpha value is -1.02. The molecule has 1 saturated carbocycles. The first kappa shape index (κ1) is 12.4. The molecule has 3 unspecified atom stereocenters. The second kappa shape index (κ2) is 5.54. The molecule has 94 valence electrons. The molecule has 0 saturated heterocycles. The molecule has 1 aliphatic rings. The number of methoxy groups -OCH3 is 1. The minimum absolute atomic E-state index is 0.569. The second-order valence-electron chi connectivity index (χ2n) is 5.26. The predicted molar refractivity (Wildman–Crippen MR) is 71.3 cm³/mol. The number of rotatable bonds is 3. The Balaban J connectivity index is 2.28. The zero-order valence-electron chi connectivity index (χ0n) is 10.9. The Morgan fingerprint density at radius 2 is 2.06 bits per heavy atom. The number of benzene rings is 1. The van der Waals surface area contributed by atoms with Crippen molar-refractivity contribution in [3.05, 3.63) is 29.8 Å². The van der Waals surface area contributed by atoms with Gasteiger partial charge in [-0.05, 0) is 48.8 Å². The fourth-order valence-electron chi connectivity index (χ4n) is 3.08. The van der Waals surface area contributed by atoms with Gasteiger partial charge in [0, 0.05) is 0 Å². The third-order valence-electron chi connectivity index (χ3n) is 4.10. The quantitative estimate of drug-likeness (QED) is 0.870. The number of hydrogen-bond acceptors (Lipinski definition) is 2. The zero-order valence-corrected chi connectivity index (χ0v) is 10.9. The molecule has 0 bridgehead atoms. The van der Waals surface area contributed by atoms with Gasteiger partial charge in [0.2, 0.25) is 0 Å². The van der Waals surface area contributed by atoms with Crippen LogP contribution in [0.15, 0.2) is 24.3 Å². The van der Waals surface area contributed by atoms with Crippen molar-refractivity contribution in [1.82, 2.24) is 0 Å². The van der Waals surface area contributed by atoms with Crippen molar-refractivity contribution in [2.24, 2.45) is 17.6 Å². The van der Waals surface area contributed by atoms with Crippen LogP contribution in [-0.2, 0) is 0 Å². The maximum absolute atomic E-state index is 5.93. The first-order chi connectivity index (χ1) is 8.26. The van der Waals surface area contributed by atoms with Gasteiger partial charge in [0.05, 0.1) is 7.11 Å². The summed E-state index contributed by atoms with van der Waals surface area (Å²) >= 11 is 0. The fourth-order valence-corrected chi connectivity index (χ4v) is 3.08. The highest BCUT2D eigenvalue weighted by Crippen LogP contribution is 2.42. The van der Waals surface area contributed by atoms with Crippen LogP contribution in [0.2, 0.25) is 0 Å². The summed E-state index contributed by atoms with van der Waals surface area (Å²) in [6.07, 6.45) is 3.80. The van der Waals surface area contributed by atoms with Crippen LogP contribution in [0, 0.1) is 11.8 Å². The third-order valence-corrected chi connectivity index (χ3v) is 4.10. The molecule has 1 aromatic rings. The van der Waals surface area contributed by atoms with Crippen LogP contribution in [0.1, 0.15) is 37.7 Å². The molecular weight excluding hydrogens is 210 g/mol. The van der Waals surface area contributed by atoms with E-state index in [9.17, 15) is 0 Å². The summed E-state index contributed by atoms with van der Waals surface area (Å²) in [6.45, 7) is 3.13. The van der Waals surface area contributed by atoms with E-state index in [0.717, 1.165) is 18.2 Å². The summed E-state index contributed by atoms with van der Waals surface area (Å²) in [5.74, 6) is 3.00. The van der Waals surface area contributed by atoms with Gasteiger partial charge in [0.15, 0.2) is 0 Å². The molecule has 2 N–H and O–H groups in total. The maximum atomic E-state index is 5.93. The fraction of sp³-hybridized carbons (Fsp3) is 0.600. The van der Waals surface area contributed by atoms with Crippen molar-refractivity contribution in [3.63, 3.8) is 0 Å². The van der Waals surface area contributed by atoms with E-state index in [0.29, 0.717) is 11.8 Å². The van der Waals surface area contributed by atoms with Crippen molar-refractivity contribution < 1.29 is 4.74 Å². The van der Waals surface area contributed by atoms with E-state index in [4.69, 9.17) is 10.5 Å². The molecule has 1 fully saturated rings. The summed E-state index contributed by atoms with van der Waals surface area (Å²) < 4.78 is 5.49. The van der Waals surface area contributed by atoms with Crippen molar-refractivity contribution in [2.45, 2.75) is 32.1 Å². The molecule has 0 heterocycles. The van der Waals surface area contributed by atoms with Crippen molar-refractivity contribution in [2.75, 3.05) is 13.7 Å². The van der Waals surface area contributed by atoms with Crippen LogP contribution in [0.25, 0.3) is 0 Å². The van der Waals surface area contributed by atoms with Crippen LogP contribution >= 0.6 is 0 Å². The zero-order chi connectivity index (χ0) is 12.3. The lowest BCUT2D eigenvalue weighted by Crippen LogP contribution is -2.28. The Morgan fingerprint density at radius 3 is 2.76 bits per heavy atom. The average Bonchev–Trinajstić information content (AvgIpc) is 2.38. The van der Waals surface area contributed by atoms with Gasteiger partial charge in [-0.25, -0.2) is 0 Å². The number of nitrogens with two attached hydrogens (primary N) is 1. The summed E-state index contributed by atoms with van der Waals surface area (Å²) in [5.41, 5.74) is 7.27. The lowest BCUT2D eigenvalue weighted by atomic mass is 9.71. The normalized spacial score (nSPS) is 29.0. The Bertz CT molecular complexity index is 364. The van der Waals surface area contributed by atoms with Gasteiger partial charge in [-0.2, -0.15) is 0 Å². The first-order valence-corrected chi connectivity index (χ1v) is 6.59. The van der Waals surface area contributed by atoms with Gasteiger partial charge in [-0.1, -0.05) is 31.5 Å². The molecule has 0 aliphatic heterocycles. The number of hydrogen-bond donors (Lipinski definition) is 1. The van der Waals surface area contributed by atoms with Gasteiger partial charge < -0.3 is 10.5 Å². The first-order valence-electron chi connectivity index (χ1n) is 6.59. The van der Waals surface area contributed by atoms with Crippen molar-refractivity contribution in [1.29, 1.82) is 0 Å². The summed E-state index contributed by atoms with van der Waals surface area (Å²) in [5, 5.41) is 0. The Morgan fingerprint density at radius 1 is 1.29 bits per heavy atom. The van der Waals surface area contributed by atoms with Gasteiger partial charge in [0.1, 0.15) is 5.75 Å². The molecular formula is C15H23NO. The highest BCUT2D eigenvalue weighted by Gasteiger charge is 2.30. The molecule has 3 atom stereocenters. The highest BCUT2D eigenvalue weighted by atomic mass is 16.5. The van der Waals surface area contributed by atoms with Crippen LogP contribution < -0.4 is 10.5 Å². The summed E-state index contributed by atoms with van der Waals surface area (Å²) in [6, 6.07) is 8.39. The average molecular weight is 233 g/mol. The van der Waals surface area contributed by atoms with E-state index in [1.807, 2.05) is 6.07 Å². The van der Waals surface area contributed by atoms with Gasteiger partial charge in [0.25, 0.3) is 0 Å². The third kappa shape index (κ3) is 2.63. The Kier molecular flexibility index (Phi) is 4.06. The van der Waals surface area contributed by atoms with Gasteiger partial charge in [-0.15, -0.1) is 0 Å². The van der Waals surface area contributed by atoms with Crippen molar-refractivity contribution >= 4 is 0 Å². The predicted octanol–water partition coefficient (Wildman–Crippen LogP) is 3.17. The standard InChI is InChI=1S/C15H23NO/c1-11-7-8-12(10-16)14(9-11)13-5-3-4-6-15(13)17-2/h3-6,11-12,14H,7-10,16H2,1-2H3. The molecule has 2 nitrogen and oxygen atoms in total. The molecule has 0 aromatic heterocycles. The molecule has 17 heavy (non-hydrogen) atoms. The van der Waals surface area contributed by atoms with E-state index < -0.39 is 0 Å². The lowest BCUT2D eigenvalue weighted by Gasteiger charge is -2.35. The molecule has 2 heteroatoms. The molecule has 1 aromatic carbocycles. The van der Waals surface area contributed by atoms with E-state index >= 15 is 0 Å². The minimum atomic E-state index is 0.569. The van der Waals surface area contributed by atoms with Crippen molar-refractivity contribution in [3.8, 4) is 5.75 Å². The van der Waals surface area contributed by atoms with Gasteiger partial charge >= 0.3 is 0 Å². The second-order valence-corrected chi connectivity index (χ2v) is 5.26. The molecule has 0 amide bonds. The van der Waals surface area contributed by atoms with E-state index in [2.05, 4.69) is 25.1 Å². The lowest BCUT2D eigenvalue weighted by molar-refractivity contribution is 0.249. The van der Waals surface area contributed by atoms with E-state index in [1.165, 1.54) is 24.8 Å². The summed E-state index contributed by atoms with van der Waals surface area (Å²) in [7, 11) is 1.75. The number of ether oxygens (including phenoxy) is 1. The van der Waals surface area contributed by atoms with Crippen LogP contribution in [-0.4, -0.2) is 13.7 Å². The van der Waals surface area contributed by atoms with Crippen LogP contribution in [0.4, 0.5) is 0 Å². The molecule has 0 radical (unpaired) electrons. The van der Waals surface area contributed by atoms with E-state index in [-0.39, 0.29) is 0 Å². The molecule has 1 aliphatic carbocycles. The topological polar surface area (TPSA) is 35.2 Å². The van der Waals surface area contributed by atoms with Crippen LogP contribution in [0.3, 0.4) is 0 Å². The largest absolute Gasteiger partial charge is 0.496 e. The molecule has 0 spiro atoms. The maximum Gasteiger partial charge on any atom is 0.122 e. The van der Waals surface area contributed by atoms with E-state index in [1.54, 1.807) is 7.11 Å². The minimum Gasteiger partial charge on any atom is -0.496 e. The van der Waals surface area contributed by atoms with Gasteiger partial charge in [-0.3, -0.25) is 0 Å². The van der Waals surface area contributed by atoms with Crippen LogP contribution in [0.5, 0.6) is 5.75 Å². The summed E-state index contributed by atoms with van der Waals surface area (Å²) in [4.78, 5) is 0. The highest BCUT2D eigenvalue weighted by molar-refractivity contribution is 5.37. The SMILES string of the molecule is COc1ccccc1C1CC(C)CCC1CN. The smallest absolute Gasteiger partial charge is 0.122 e. The molecule has 2 rings (SSSR count).